The minimum Gasteiger partial charge on any atom is -0.299 e. The fourth-order valence-electron chi connectivity index (χ4n) is 1.66. The van der Waals surface area contributed by atoms with E-state index in [9.17, 15) is 4.79 Å². The molecule has 88 valence electrons. The monoisotopic (exact) mass is 264 g/mol. The summed E-state index contributed by atoms with van der Waals surface area (Å²) in [6.45, 7) is 0. The van der Waals surface area contributed by atoms with Crippen LogP contribution in [0.15, 0.2) is 41.8 Å². The van der Waals surface area contributed by atoms with E-state index < -0.39 is 0 Å². The Morgan fingerprint density at radius 1 is 1.18 bits per heavy atom. The Morgan fingerprint density at radius 3 is 2.71 bits per heavy atom. The van der Waals surface area contributed by atoms with Gasteiger partial charge in [-0.25, -0.2) is 0 Å². The lowest BCUT2D eigenvalue weighted by atomic mass is 10.1. The summed E-state index contributed by atoms with van der Waals surface area (Å²) in [6.07, 6.45) is 1.86. The number of hydrogen-bond acceptors (Lipinski definition) is 2. The van der Waals surface area contributed by atoms with Crippen molar-refractivity contribution >= 4 is 28.7 Å². The van der Waals surface area contributed by atoms with Crippen LogP contribution in [0.1, 0.15) is 16.9 Å². The predicted molar refractivity (Wildman–Crippen MR) is 72.8 cm³/mol. The zero-order chi connectivity index (χ0) is 12.1. The lowest BCUT2D eigenvalue weighted by Crippen LogP contribution is -2.04. The molecule has 0 bridgehead atoms. The van der Waals surface area contributed by atoms with Gasteiger partial charge in [0.15, 0.2) is 0 Å². The van der Waals surface area contributed by atoms with Crippen molar-refractivity contribution < 1.29 is 4.79 Å². The molecule has 0 saturated carbocycles. The van der Waals surface area contributed by atoms with Gasteiger partial charge < -0.3 is 0 Å². The molecular weight excluding hydrogens is 252 g/mol. The minimum atomic E-state index is 0.242. The summed E-state index contributed by atoms with van der Waals surface area (Å²) < 4.78 is 0. The number of carbonyl (C=O) groups excluding carboxylic acids is 1. The summed E-state index contributed by atoms with van der Waals surface area (Å²) in [7, 11) is 0. The molecule has 0 aliphatic carbocycles. The molecule has 0 amide bonds. The molecule has 0 N–H and O–H groups in total. The van der Waals surface area contributed by atoms with Crippen LogP contribution in [0.5, 0.6) is 0 Å². The van der Waals surface area contributed by atoms with E-state index in [1.54, 1.807) is 11.3 Å². The normalized spacial score (nSPS) is 10.4. The van der Waals surface area contributed by atoms with Gasteiger partial charge in [-0.05, 0) is 29.5 Å². The van der Waals surface area contributed by atoms with E-state index in [-0.39, 0.29) is 5.78 Å². The van der Waals surface area contributed by atoms with Crippen molar-refractivity contribution in [2.75, 3.05) is 0 Å². The smallest absolute Gasteiger partial charge is 0.137 e. The number of benzene rings is 1. The van der Waals surface area contributed by atoms with Crippen LogP contribution in [0.4, 0.5) is 0 Å². The first-order chi connectivity index (χ1) is 8.25. The molecule has 0 unspecified atom stereocenters. The quantitative estimate of drug-likeness (QED) is 0.793. The Bertz CT molecular complexity index is 491. The molecule has 0 spiro atoms. The summed E-state index contributed by atoms with van der Waals surface area (Å²) in [6, 6.07) is 11.6. The van der Waals surface area contributed by atoms with Gasteiger partial charge in [0.1, 0.15) is 5.78 Å². The van der Waals surface area contributed by atoms with Gasteiger partial charge in [0.2, 0.25) is 0 Å². The van der Waals surface area contributed by atoms with E-state index in [1.807, 2.05) is 35.7 Å². The van der Waals surface area contributed by atoms with Crippen molar-refractivity contribution in [3.8, 4) is 0 Å². The third-order valence-corrected chi connectivity index (χ3v) is 3.88. The van der Waals surface area contributed by atoms with Crippen molar-refractivity contribution in [1.82, 2.24) is 0 Å². The van der Waals surface area contributed by atoms with Crippen molar-refractivity contribution in [1.29, 1.82) is 0 Å². The number of carbonyl (C=O) groups is 1. The molecule has 1 heterocycles. The average Bonchev–Trinajstić information content (AvgIpc) is 2.82. The number of Topliss-reactive ketones (excluding diaryl/α,β-unsaturated/α-hetero) is 1. The first kappa shape index (κ1) is 12.3. The minimum absolute atomic E-state index is 0.242. The van der Waals surface area contributed by atoms with Crippen LogP contribution in [0.2, 0.25) is 5.02 Å². The van der Waals surface area contributed by atoms with Crippen LogP contribution < -0.4 is 0 Å². The Hall–Kier alpha value is -1.12. The molecule has 17 heavy (non-hydrogen) atoms. The molecule has 1 aromatic heterocycles. The molecular formula is C14H13ClOS. The molecule has 1 nitrogen and oxygen atoms in total. The molecule has 0 atom stereocenters. The van der Waals surface area contributed by atoms with Gasteiger partial charge in [0.25, 0.3) is 0 Å². The molecule has 0 aliphatic rings. The number of thiophene rings is 1. The van der Waals surface area contributed by atoms with Crippen molar-refractivity contribution in [2.24, 2.45) is 0 Å². The van der Waals surface area contributed by atoms with Crippen LogP contribution in [0.25, 0.3) is 0 Å². The van der Waals surface area contributed by atoms with Gasteiger partial charge in [-0.15, -0.1) is 11.3 Å². The lowest BCUT2D eigenvalue weighted by molar-refractivity contribution is -0.118. The topological polar surface area (TPSA) is 17.1 Å². The van der Waals surface area contributed by atoms with Crippen LogP contribution in [-0.4, -0.2) is 5.78 Å². The number of ketones is 1. The van der Waals surface area contributed by atoms with Crippen molar-refractivity contribution in [3.63, 3.8) is 0 Å². The largest absolute Gasteiger partial charge is 0.299 e. The van der Waals surface area contributed by atoms with E-state index in [2.05, 4.69) is 6.07 Å². The molecule has 0 saturated heterocycles. The van der Waals surface area contributed by atoms with E-state index in [1.165, 1.54) is 4.88 Å². The number of rotatable bonds is 5. The third kappa shape index (κ3) is 3.69. The zero-order valence-electron chi connectivity index (χ0n) is 9.36. The Kier molecular flexibility index (Phi) is 4.35. The number of hydrogen-bond donors (Lipinski definition) is 0. The van der Waals surface area contributed by atoms with Gasteiger partial charge in [-0.1, -0.05) is 35.9 Å². The summed E-state index contributed by atoms with van der Waals surface area (Å²) in [5.41, 5.74) is 0.922. The van der Waals surface area contributed by atoms with Crippen LogP contribution in [-0.2, 0) is 17.6 Å². The molecule has 3 heteroatoms. The highest BCUT2D eigenvalue weighted by atomic mass is 35.5. The second-order valence-electron chi connectivity index (χ2n) is 3.89. The zero-order valence-corrected chi connectivity index (χ0v) is 10.9. The molecule has 2 rings (SSSR count). The summed E-state index contributed by atoms with van der Waals surface area (Å²) in [5, 5.41) is 2.71. The second kappa shape index (κ2) is 5.99. The van der Waals surface area contributed by atoms with Gasteiger partial charge >= 0.3 is 0 Å². The van der Waals surface area contributed by atoms with E-state index in [0.717, 1.165) is 12.0 Å². The van der Waals surface area contributed by atoms with Crippen LogP contribution >= 0.6 is 22.9 Å². The maximum absolute atomic E-state index is 11.8. The lowest BCUT2D eigenvalue weighted by Gasteiger charge is -2.02. The fraction of sp³-hybridized carbons (Fsp3) is 0.214. The molecule has 0 radical (unpaired) electrons. The molecule has 2 aromatic rings. The van der Waals surface area contributed by atoms with Gasteiger partial charge in [0.05, 0.1) is 0 Å². The summed E-state index contributed by atoms with van der Waals surface area (Å²) >= 11 is 7.71. The standard InChI is InChI=1S/C14H13ClOS/c15-14-6-2-1-4-11(14)10-12(16)7-8-13-5-3-9-17-13/h1-6,9H,7-8,10H2. The number of aryl methyl sites for hydroxylation is 1. The fourth-order valence-corrected chi connectivity index (χ4v) is 2.57. The molecule has 0 aliphatic heterocycles. The Labute approximate surface area is 110 Å². The van der Waals surface area contributed by atoms with Gasteiger partial charge in [-0.2, -0.15) is 0 Å². The van der Waals surface area contributed by atoms with E-state index in [4.69, 9.17) is 11.6 Å². The van der Waals surface area contributed by atoms with Crippen LogP contribution in [0, 0.1) is 0 Å². The molecule has 0 fully saturated rings. The summed E-state index contributed by atoms with van der Waals surface area (Å²) in [5.74, 6) is 0.242. The first-order valence-corrected chi connectivity index (χ1v) is 6.79. The predicted octanol–water partition coefficient (Wildman–Crippen LogP) is 4.15. The maximum Gasteiger partial charge on any atom is 0.137 e. The second-order valence-corrected chi connectivity index (χ2v) is 5.33. The SMILES string of the molecule is O=C(CCc1cccs1)Cc1ccccc1Cl. The van der Waals surface area contributed by atoms with Crippen LogP contribution in [0.3, 0.4) is 0 Å². The van der Waals surface area contributed by atoms with Gasteiger partial charge in [-0.3, -0.25) is 4.79 Å². The maximum atomic E-state index is 11.8. The Balaban J connectivity index is 1.87. The molecule has 1 aromatic carbocycles. The Morgan fingerprint density at radius 2 is 2.00 bits per heavy atom. The highest BCUT2D eigenvalue weighted by Crippen LogP contribution is 2.17. The highest BCUT2D eigenvalue weighted by molar-refractivity contribution is 7.09. The first-order valence-electron chi connectivity index (χ1n) is 5.53. The third-order valence-electron chi connectivity index (χ3n) is 2.58. The van der Waals surface area contributed by atoms with E-state index >= 15 is 0 Å². The van der Waals surface area contributed by atoms with Crippen molar-refractivity contribution in [3.05, 3.63) is 57.2 Å². The van der Waals surface area contributed by atoms with E-state index in [0.29, 0.717) is 17.9 Å². The summed E-state index contributed by atoms with van der Waals surface area (Å²) in [4.78, 5) is 13.1. The van der Waals surface area contributed by atoms with Gasteiger partial charge in [0, 0.05) is 22.7 Å². The highest BCUT2D eigenvalue weighted by Gasteiger charge is 2.07. The van der Waals surface area contributed by atoms with Crippen molar-refractivity contribution in [2.45, 2.75) is 19.3 Å². The number of halogens is 1. The average molecular weight is 265 g/mol.